The van der Waals surface area contributed by atoms with Crippen LogP contribution in [-0.2, 0) is 0 Å². The van der Waals surface area contributed by atoms with Gasteiger partial charge < -0.3 is 5.32 Å². The first-order valence-electron chi connectivity index (χ1n) is 7.53. The lowest BCUT2D eigenvalue weighted by Gasteiger charge is -2.08. The van der Waals surface area contributed by atoms with Gasteiger partial charge in [-0.2, -0.15) is 0 Å². The van der Waals surface area contributed by atoms with Crippen LogP contribution < -0.4 is 5.32 Å². The minimum atomic E-state index is 0.631. The molecule has 0 radical (unpaired) electrons. The molecule has 0 atom stereocenters. The monoisotopic (exact) mass is 279 g/mol. The third-order valence-electron chi connectivity index (χ3n) is 3.12. The SMILES string of the molecule is CC(C)CNCCCCSc1ccc(C(C)C)cc1. The Labute approximate surface area is 123 Å². The molecule has 0 heterocycles. The minimum absolute atomic E-state index is 0.631. The number of unbranched alkanes of at least 4 members (excludes halogenated alkanes) is 1. The van der Waals surface area contributed by atoms with Gasteiger partial charge >= 0.3 is 0 Å². The first-order valence-corrected chi connectivity index (χ1v) is 8.51. The molecule has 1 nitrogen and oxygen atoms in total. The van der Waals surface area contributed by atoms with E-state index < -0.39 is 0 Å². The van der Waals surface area contributed by atoms with Gasteiger partial charge in [-0.05, 0) is 61.2 Å². The second kappa shape index (κ2) is 9.44. The fraction of sp³-hybridized carbons (Fsp3) is 0.647. The summed E-state index contributed by atoms with van der Waals surface area (Å²) in [6, 6.07) is 9.04. The molecule has 0 aliphatic carbocycles. The predicted molar refractivity (Wildman–Crippen MR) is 88.2 cm³/mol. The second-order valence-corrected chi connectivity index (χ2v) is 7.05. The molecular weight excluding hydrogens is 250 g/mol. The Kier molecular flexibility index (Phi) is 8.24. The number of benzene rings is 1. The zero-order chi connectivity index (χ0) is 14.1. The molecule has 2 heteroatoms. The van der Waals surface area contributed by atoms with E-state index in [9.17, 15) is 0 Å². The number of rotatable bonds is 9. The summed E-state index contributed by atoms with van der Waals surface area (Å²) in [5.41, 5.74) is 1.43. The Balaban J connectivity index is 2.09. The van der Waals surface area contributed by atoms with Gasteiger partial charge in [-0.25, -0.2) is 0 Å². The Bertz CT molecular complexity index is 330. The Morgan fingerprint density at radius 1 is 1.00 bits per heavy atom. The zero-order valence-corrected chi connectivity index (χ0v) is 13.7. The lowest BCUT2D eigenvalue weighted by molar-refractivity contribution is 0.541. The summed E-state index contributed by atoms with van der Waals surface area (Å²) < 4.78 is 0. The van der Waals surface area contributed by atoms with Crippen LogP contribution in [0.3, 0.4) is 0 Å². The smallest absolute Gasteiger partial charge is 0.00721 e. The third kappa shape index (κ3) is 7.64. The molecule has 0 bridgehead atoms. The van der Waals surface area contributed by atoms with Gasteiger partial charge in [-0.1, -0.05) is 39.8 Å². The van der Waals surface area contributed by atoms with Gasteiger partial charge in [0.25, 0.3) is 0 Å². The molecule has 0 saturated carbocycles. The van der Waals surface area contributed by atoms with E-state index in [0.717, 1.165) is 19.0 Å². The molecule has 0 saturated heterocycles. The highest BCUT2D eigenvalue weighted by molar-refractivity contribution is 7.99. The first-order chi connectivity index (χ1) is 9.09. The molecule has 1 N–H and O–H groups in total. The van der Waals surface area contributed by atoms with E-state index >= 15 is 0 Å². The van der Waals surface area contributed by atoms with Gasteiger partial charge in [0, 0.05) is 4.90 Å². The molecule has 1 aromatic carbocycles. The van der Waals surface area contributed by atoms with Gasteiger partial charge in [-0.3, -0.25) is 0 Å². The van der Waals surface area contributed by atoms with Crippen molar-refractivity contribution in [2.75, 3.05) is 18.8 Å². The van der Waals surface area contributed by atoms with Gasteiger partial charge in [0.15, 0.2) is 0 Å². The highest BCUT2D eigenvalue weighted by Gasteiger charge is 1.99. The van der Waals surface area contributed by atoms with E-state index in [-0.39, 0.29) is 0 Å². The van der Waals surface area contributed by atoms with Crippen LogP contribution in [0.5, 0.6) is 0 Å². The van der Waals surface area contributed by atoms with Crippen molar-refractivity contribution < 1.29 is 0 Å². The molecule has 108 valence electrons. The molecule has 0 aromatic heterocycles. The number of hydrogen-bond donors (Lipinski definition) is 1. The van der Waals surface area contributed by atoms with Crippen LogP contribution >= 0.6 is 11.8 Å². The summed E-state index contributed by atoms with van der Waals surface area (Å²) in [4.78, 5) is 1.40. The molecule has 0 spiro atoms. The summed E-state index contributed by atoms with van der Waals surface area (Å²) in [6.45, 7) is 11.3. The maximum atomic E-state index is 3.49. The van der Waals surface area contributed by atoms with Crippen LogP contribution in [0.15, 0.2) is 29.2 Å². The lowest BCUT2D eigenvalue weighted by Crippen LogP contribution is -2.20. The molecule has 1 aromatic rings. The Morgan fingerprint density at radius 2 is 1.68 bits per heavy atom. The van der Waals surface area contributed by atoms with Crippen molar-refractivity contribution in [3.63, 3.8) is 0 Å². The third-order valence-corrected chi connectivity index (χ3v) is 4.21. The Morgan fingerprint density at radius 3 is 2.26 bits per heavy atom. The molecule has 0 amide bonds. The summed E-state index contributed by atoms with van der Waals surface area (Å²) in [5.74, 6) is 2.62. The normalized spacial score (nSPS) is 11.5. The summed E-state index contributed by atoms with van der Waals surface area (Å²) >= 11 is 1.98. The van der Waals surface area contributed by atoms with Gasteiger partial charge in [0.2, 0.25) is 0 Å². The van der Waals surface area contributed by atoms with Crippen LogP contribution in [0.1, 0.15) is 52.0 Å². The van der Waals surface area contributed by atoms with Crippen LogP contribution in [-0.4, -0.2) is 18.8 Å². The molecule has 1 rings (SSSR count). The molecule has 0 aliphatic heterocycles. The van der Waals surface area contributed by atoms with Crippen molar-refractivity contribution in [1.82, 2.24) is 5.32 Å². The fourth-order valence-electron chi connectivity index (χ4n) is 1.88. The van der Waals surface area contributed by atoms with Gasteiger partial charge in [-0.15, -0.1) is 11.8 Å². The van der Waals surface area contributed by atoms with E-state index in [0.29, 0.717) is 5.92 Å². The maximum Gasteiger partial charge on any atom is 0.00721 e. The first kappa shape index (κ1) is 16.6. The molecule has 0 aliphatic rings. The highest BCUT2D eigenvalue weighted by Crippen LogP contribution is 2.22. The number of nitrogens with one attached hydrogen (secondary N) is 1. The van der Waals surface area contributed by atoms with E-state index in [1.165, 1.54) is 29.1 Å². The van der Waals surface area contributed by atoms with Crippen molar-refractivity contribution in [3.8, 4) is 0 Å². The van der Waals surface area contributed by atoms with Crippen LogP contribution in [0.25, 0.3) is 0 Å². The quantitative estimate of drug-likeness (QED) is 0.508. The van der Waals surface area contributed by atoms with Crippen LogP contribution in [0, 0.1) is 5.92 Å². The van der Waals surface area contributed by atoms with Crippen molar-refractivity contribution in [2.45, 2.75) is 51.3 Å². The Hall–Kier alpha value is -0.470. The topological polar surface area (TPSA) is 12.0 Å². The van der Waals surface area contributed by atoms with E-state index in [1.807, 2.05) is 11.8 Å². The zero-order valence-electron chi connectivity index (χ0n) is 12.9. The standard InChI is InChI=1S/C17H29NS/c1-14(2)13-18-11-5-6-12-19-17-9-7-16(8-10-17)15(3)4/h7-10,14-15,18H,5-6,11-13H2,1-4H3. The number of hydrogen-bond acceptors (Lipinski definition) is 2. The van der Waals surface area contributed by atoms with Crippen molar-refractivity contribution >= 4 is 11.8 Å². The van der Waals surface area contributed by atoms with Crippen LogP contribution in [0.4, 0.5) is 0 Å². The van der Waals surface area contributed by atoms with E-state index in [1.54, 1.807) is 0 Å². The predicted octanol–water partition coefficient (Wildman–Crippen LogP) is 4.93. The molecule has 0 unspecified atom stereocenters. The van der Waals surface area contributed by atoms with Crippen molar-refractivity contribution in [1.29, 1.82) is 0 Å². The second-order valence-electron chi connectivity index (χ2n) is 5.88. The lowest BCUT2D eigenvalue weighted by atomic mass is 10.0. The fourth-order valence-corrected chi connectivity index (χ4v) is 2.79. The minimum Gasteiger partial charge on any atom is -0.316 e. The van der Waals surface area contributed by atoms with E-state index in [4.69, 9.17) is 0 Å². The van der Waals surface area contributed by atoms with Crippen molar-refractivity contribution in [3.05, 3.63) is 29.8 Å². The van der Waals surface area contributed by atoms with Crippen molar-refractivity contribution in [2.24, 2.45) is 5.92 Å². The molecule has 0 fully saturated rings. The maximum absolute atomic E-state index is 3.49. The highest BCUT2D eigenvalue weighted by atomic mass is 32.2. The van der Waals surface area contributed by atoms with Gasteiger partial charge in [0.1, 0.15) is 0 Å². The summed E-state index contributed by atoms with van der Waals surface area (Å²) in [5, 5.41) is 3.49. The average molecular weight is 279 g/mol. The van der Waals surface area contributed by atoms with E-state index in [2.05, 4.69) is 57.3 Å². The largest absolute Gasteiger partial charge is 0.316 e. The molecule has 19 heavy (non-hydrogen) atoms. The average Bonchev–Trinajstić information content (AvgIpc) is 2.38. The molecular formula is C17H29NS. The van der Waals surface area contributed by atoms with Crippen LogP contribution in [0.2, 0.25) is 0 Å². The number of thioether (sulfide) groups is 1. The van der Waals surface area contributed by atoms with Gasteiger partial charge in [0.05, 0.1) is 0 Å². The summed E-state index contributed by atoms with van der Waals surface area (Å²) in [6.07, 6.45) is 2.57. The summed E-state index contributed by atoms with van der Waals surface area (Å²) in [7, 11) is 0.